The number of carbonyl (C=O) groups excluding carboxylic acids is 1. The Morgan fingerprint density at radius 2 is 2.00 bits per heavy atom. The minimum atomic E-state index is -0.316. The summed E-state index contributed by atoms with van der Waals surface area (Å²) in [5, 5.41) is 21.3. The third-order valence-electron chi connectivity index (χ3n) is 4.08. The Labute approximate surface area is 140 Å². The first-order chi connectivity index (χ1) is 11.7. The van der Waals surface area contributed by atoms with E-state index in [0.717, 1.165) is 31.6 Å². The second-order valence-corrected chi connectivity index (χ2v) is 5.73. The van der Waals surface area contributed by atoms with E-state index in [4.69, 9.17) is 5.26 Å². The van der Waals surface area contributed by atoms with Crippen LogP contribution in [0.25, 0.3) is 0 Å². The summed E-state index contributed by atoms with van der Waals surface area (Å²) in [7, 11) is 0. The lowest BCUT2D eigenvalue weighted by Gasteiger charge is -2.32. The number of aliphatic hydroxyl groups excluding tert-OH is 1. The van der Waals surface area contributed by atoms with E-state index in [1.807, 2.05) is 30.3 Å². The largest absolute Gasteiger partial charge is 0.393 e. The number of para-hydroxylation sites is 2. The van der Waals surface area contributed by atoms with E-state index >= 15 is 0 Å². The molecule has 3 rings (SSSR count). The van der Waals surface area contributed by atoms with Crippen molar-refractivity contribution >= 4 is 17.3 Å². The molecule has 0 unspecified atom stereocenters. The SMILES string of the molecule is N#Cc1ccc(C(=O)Nc2ccccc2N2CCC(O)CC2)nc1. The zero-order chi connectivity index (χ0) is 16.9. The Hall–Kier alpha value is -2.91. The van der Waals surface area contributed by atoms with E-state index in [1.165, 1.54) is 12.3 Å². The fourth-order valence-electron chi connectivity index (χ4n) is 2.74. The minimum absolute atomic E-state index is 0.245. The van der Waals surface area contributed by atoms with Crippen LogP contribution in [0.2, 0.25) is 0 Å². The first-order valence-corrected chi connectivity index (χ1v) is 7.87. The van der Waals surface area contributed by atoms with Gasteiger partial charge in [-0.1, -0.05) is 12.1 Å². The molecule has 0 aliphatic carbocycles. The summed E-state index contributed by atoms with van der Waals surface area (Å²) in [5.41, 5.74) is 2.33. The first-order valence-electron chi connectivity index (χ1n) is 7.87. The van der Waals surface area contributed by atoms with Gasteiger partial charge < -0.3 is 15.3 Å². The second kappa shape index (κ2) is 7.11. The number of nitriles is 1. The van der Waals surface area contributed by atoms with Crippen molar-refractivity contribution in [3.8, 4) is 6.07 Å². The van der Waals surface area contributed by atoms with E-state index in [0.29, 0.717) is 11.3 Å². The number of carbonyl (C=O) groups is 1. The quantitative estimate of drug-likeness (QED) is 0.904. The molecule has 2 heterocycles. The number of piperidine rings is 1. The van der Waals surface area contributed by atoms with Crippen molar-refractivity contribution in [2.24, 2.45) is 0 Å². The van der Waals surface area contributed by atoms with E-state index in [2.05, 4.69) is 15.2 Å². The van der Waals surface area contributed by atoms with Crippen LogP contribution in [0.3, 0.4) is 0 Å². The molecule has 1 saturated heterocycles. The molecule has 0 bridgehead atoms. The van der Waals surface area contributed by atoms with Gasteiger partial charge in [-0.3, -0.25) is 4.79 Å². The van der Waals surface area contributed by atoms with Gasteiger partial charge in [0.05, 0.1) is 23.0 Å². The van der Waals surface area contributed by atoms with Gasteiger partial charge in [-0.2, -0.15) is 5.26 Å². The summed E-state index contributed by atoms with van der Waals surface area (Å²) >= 11 is 0. The molecule has 1 fully saturated rings. The molecule has 2 N–H and O–H groups in total. The summed E-state index contributed by atoms with van der Waals surface area (Å²) in [5.74, 6) is -0.316. The van der Waals surface area contributed by atoms with E-state index in [1.54, 1.807) is 6.07 Å². The Balaban J connectivity index is 1.77. The van der Waals surface area contributed by atoms with Gasteiger partial charge in [0.25, 0.3) is 5.91 Å². The van der Waals surface area contributed by atoms with Crippen molar-refractivity contribution in [2.75, 3.05) is 23.3 Å². The lowest BCUT2D eigenvalue weighted by Crippen LogP contribution is -2.36. The van der Waals surface area contributed by atoms with Gasteiger partial charge in [0.1, 0.15) is 11.8 Å². The average molecular weight is 322 g/mol. The number of anilines is 2. The Bertz CT molecular complexity index is 759. The molecule has 0 saturated carbocycles. The predicted octanol–water partition coefficient (Wildman–Crippen LogP) is 2.17. The molecule has 2 aromatic rings. The van der Waals surface area contributed by atoms with Gasteiger partial charge in [0.2, 0.25) is 0 Å². The molecule has 1 amide bonds. The molecule has 1 aliphatic heterocycles. The van der Waals surface area contributed by atoms with Crippen LogP contribution in [-0.2, 0) is 0 Å². The van der Waals surface area contributed by atoms with Crippen molar-refractivity contribution < 1.29 is 9.90 Å². The topological polar surface area (TPSA) is 89.2 Å². The number of hydrogen-bond donors (Lipinski definition) is 2. The number of nitrogens with zero attached hydrogens (tertiary/aromatic N) is 3. The molecular formula is C18H18N4O2. The molecule has 6 nitrogen and oxygen atoms in total. The van der Waals surface area contributed by atoms with Crippen LogP contribution in [0.15, 0.2) is 42.6 Å². The summed E-state index contributed by atoms with van der Waals surface area (Å²) in [6.07, 6.45) is 2.58. The molecule has 122 valence electrons. The van der Waals surface area contributed by atoms with Crippen LogP contribution in [0.4, 0.5) is 11.4 Å². The van der Waals surface area contributed by atoms with Crippen molar-refractivity contribution in [3.63, 3.8) is 0 Å². The van der Waals surface area contributed by atoms with Crippen LogP contribution in [0.1, 0.15) is 28.9 Å². The summed E-state index contributed by atoms with van der Waals surface area (Å²) in [4.78, 5) is 18.6. The second-order valence-electron chi connectivity index (χ2n) is 5.73. The number of benzene rings is 1. The van der Waals surface area contributed by atoms with Gasteiger partial charge in [0, 0.05) is 19.3 Å². The smallest absolute Gasteiger partial charge is 0.274 e. The van der Waals surface area contributed by atoms with Crippen LogP contribution in [0, 0.1) is 11.3 Å². The lowest BCUT2D eigenvalue weighted by atomic mass is 10.1. The number of aliphatic hydroxyl groups is 1. The maximum atomic E-state index is 12.4. The van der Waals surface area contributed by atoms with Crippen molar-refractivity contribution in [3.05, 3.63) is 53.9 Å². The summed E-state index contributed by atoms with van der Waals surface area (Å²) in [6, 6.07) is 12.7. The summed E-state index contributed by atoms with van der Waals surface area (Å²) in [6.45, 7) is 1.51. The number of rotatable bonds is 3. The average Bonchev–Trinajstić information content (AvgIpc) is 2.63. The normalized spacial score (nSPS) is 14.9. The number of nitrogens with one attached hydrogen (secondary N) is 1. The molecule has 1 aromatic heterocycles. The Kier molecular flexibility index (Phi) is 4.73. The van der Waals surface area contributed by atoms with Gasteiger partial charge in [-0.05, 0) is 37.1 Å². The Morgan fingerprint density at radius 3 is 2.67 bits per heavy atom. The first kappa shape index (κ1) is 16.0. The highest BCUT2D eigenvalue weighted by molar-refractivity contribution is 6.04. The maximum Gasteiger partial charge on any atom is 0.274 e. The van der Waals surface area contributed by atoms with E-state index < -0.39 is 0 Å². The van der Waals surface area contributed by atoms with Crippen molar-refractivity contribution in [2.45, 2.75) is 18.9 Å². The van der Waals surface area contributed by atoms with Gasteiger partial charge in [-0.25, -0.2) is 4.98 Å². The van der Waals surface area contributed by atoms with Crippen LogP contribution < -0.4 is 10.2 Å². The van der Waals surface area contributed by atoms with Crippen molar-refractivity contribution in [1.29, 1.82) is 5.26 Å². The standard InChI is InChI=1S/C18H18N4O2/c19-11-13-5-6-16(20-12-13)18(24)21-15-3-1-2-4-17(15)22-9-7-14(23)8-10-22/h1-6,12,14,23H,7-10H2,(H,21,24). The zero-order valence-electron chi connectivity index (χ0n) is 13.1. The number of amides is 1. The van der Waals surface area contributed by atoms with E-state index in [9.17, 15) is 9.90 Å². The third-order valence-corrected chi connectivity index (χ3v) is 4.08. The fraction of sp³-hybridized carbons (Fsp3) is 0.278. The molecule has 24 heavy (non-hydrogen) atoms. The van der Waals surface area contributed by atoms with Crippen LogP contribution in [0.5, 0.6) is 0 Å². The van der Waals surface area contributed by atoms with Gasteiger partial charge >= 0.3 is 0 Å². The number of hydrogen-bond acceptors (Lipinski definition) is 5. The van der Waals surface area contributed by atoms with Crippen LogP contribution in [-0.4, -0.2) is 35.2 Å². The van der Waals surface area contributed by atoms with Gasteiger partial charge in [0.15, 0.2) is 0 Å². The summed E-state index contributed by atoms with van der Waals surface area (Å²) < 4.78 is 0. The number of aromatic nitrogens is 1. The minimum Gasteiger partial charge on any atom is -0.393 e. The molecule has 6 heteroatoms. The predicted molar refractivity (Wildman–Crippen MR) is 90.8 cm³/mol. The number of pyridine rings is 1. The molecule has 0 radical (unpaired) electrons. The molecule has 1 aliphatic rings. The van der Waals surface area contributed by atoms with Crippen molar-refractivity contribution in [1.82, 2.24) is 4.98 Å². The third kappa shape index (κ3) is 3.53. The molecule has 0 spiro atoms. The molecule has 1 aromatic carbocycles. The van der Waals surface area contributed by atoms with Crippen LogP contribution >= 0.6 is 0 Å². The highest BCUT2D eigenvalue weighted by atomic mass is 16.3. The highest BCUT2D eigenvalue weighted by Gasteiger charge is 2.20. The van der Waals surface area contributed by atoms with E-state index in [-0.39, 0.29) is 17.7 Å². The zero-order valence-corrected chi connectivity index (χ0v) is 13.1. The maximum absolute atomic E-state index is 12.4. The van der Waals surface area contributed by atoms with Gasteiger partial charge in [-0.15, -0.1) is 0 Å². The molecule has 0 atom stereocenters. The highest BCUT2D eigenvalue weighted by Crippen LogP contribution is 2.28. The molecular weight excluding hydrogens is 304 g/mol. The monoisotopic (exact) mass is 322 g/mol. The lowest BCUT2D eigenvalue weighted by molar-refractivity contribution is 0.102. The Morgan fingerprint density at radius 1 is 1.25 bits per heavy atom. The fourth-order valence-corrected chi connectivity index (χ4v) is 2.74.